The van der Waals surface area contributed by atoms with Gasteiger partial charge in [0.1, 0.15) is 5.52 Å². The third kappa shape index (κ3) is 6.68. The van der Waals surface area contributed by atoms with Gasteiger partial charge in [0.05, 0.1) is 50.1 Å². The monoisotopic (exact) mass is 666 g/mol. The van der Waals surface area contributed by atoms with Crippen LogP contribution in [0.25, 0.3) is 22.3 Å². The number of aromatic nitrogens is 3. The van der Waals surface area contributed by atoms with Crippen LogP contribution in [0.3, 0.4) is 0 Å². The van der Waals surface area contributed by atoms with Crippen molar-refractivity contribution < 1.29 is 46.8 Å². The Bertz CT molecular complexity index is 1280. The van der Waals surface area contributed by atoms with Crippen molar-refractivity contribution in [1.82, 2.24) is 19.9 Å². The number of pyridine rings is 1. The first-order valence-electron chi connectivity index (χ1n) is 13.9. The average molecular weight is 667 g/mol. The number of nitrogens with one attached hydrogen (secondary N) is 1. The second-order valence-corrected chi connectivity index (χ2v) is 10.6. The predicted molar refractivity (Wildman–Crippen MR) is 147 cm³/mol. The summed E-state index contributed by atoms with van der Waals surface area (Å²) in [6, 6.07) is 10.6. The molecule has 1 aromatic carbocycles. The SMILES string of the molecule is CC[N+]1(CC)CCC(c2ccc(-c3cc4nccnc4c(NCC4CN(C(=O)C(F)F)CCO4)n3)cc2)CC1.[I-]. The number of fused-ring (bicyclic) bond motifs is 1. The standard InChI is InChI=1S/C29H37F2N6O2.HI/c1-3-37(4-2)14-9-21(10-15-37)20-5-7-22(8-6-20)24-17-25-26(33-12-11-32-25)28(35-24)34-18-23-19-36(13-16-39-23)29(38)27(30)31;/h5-8,11-12,17,21,23,27H,3-4,9-10,13-16,18-19H2,1-2H3,(H,34,35);1H/q+1;/p-1. The van der Waals surface area contributed by atoms with E-state index >= 15 is 0 Å². The van der Waals surface area contributed by atoms with Gasteiger partial charge in [0.25, 0.3) is 5.91 Å². The summed E-state index contributed by atoms with van der Waals surface area (Å²) in [7, 11) is 0. The van der Waals surface area contributed by atoms with Crippen LogP contribution in [0.4, 0.5) is 14.6 Å². The zero-order valence-corrected chi connectivity index (χ0v) is 25.2. The third-order valence-electron chi connectivity index (χ3n) is 8.51. The first kappa shape index (κ1) is 30.4. The molecular weight excluding hydrogens is 629 g/mol. The van der Waals surface area contributed by atoms with E-state index < -0.39 is 18.4 Å². The van der Waals surface area contributed by atoms with E-state index in [1.165, 1.54) is 49.1 Å². The minimum Gasteiger partial charge on any atom is -1.00 e. The highest BCUT2D eigenvalue weighted by atomic mass is 127. The molecule has 5 rings (SSSR count). The third-order valence-corrected chi connectivity index (χ3v) is 8.51. The van der Waals surface area contributed by atoms with Crippen molar-refractivity contribution in [1.29, 1.82) is 0 Å². The van der Waals surface area contributed by atoms with E-state index in [-0.39, 0.29) is 43.7 Å². The number of hydrogen-bond acceptors (Lipinski definition) is 6. The van der Waals surface area contributed by atoms with Gasteiger partial charge in [-0.05, 0) is 31.4 Å². The fourth-order valence-electron chi connectivity index (χ4n) is 5.87. The Labute approximate surface area is 251 Å². The van der Waals surface area contributed by atoms with Crippen molar-refractivity contribution in [3.63, 3.8) is 0 Å². The molecule has 3 aromatic rings. The van der Waals surface area contributed by atoms with Gasteiger partial charge < -0.3 is 43.4 Å². The molecule has 1 N–H and O–H groups in total. The molecular formula is C29H37F2IN6O2. The largest absolute Gasteiger partial charge is 1.00 e. The highest BCUT2D eigenvalue weighted by Crippen LogP contribution is 2.33. The maximum atomic E-state index is 12.9. The van der Waals surface area contributed by atoms with Crippen LogP contribution in [-0.4, -0.2) is 95.2 Å². The van der Waals surface area contributed by atoms with E-state index in [1.54, 1.807) is 12.4 Å². The molecule has 2 aromatic heterocycles. The van der Waals surface area contributed by atoms with Gasteiger partial charge in [-0.3, -0.25) is 9.78 Å². The Kier molecular flexibility index (Phi) is 10.2. The van der Waals surface area contributed by atoms with Gasteiger partial charge in [-0.15, -0.1) is 0 Å². The number of quaternary nitrogens is 1. The molecule has 8 nitrogen and oxygen atoms in total. The zero-order chi connectivity index (χ0) is 27.4. The normalized spacial score (nSPS) is 19.4. The predicted octanol–water partition coefficient (Wildman–Crippen LogP) is 1.33. The second kappa shape index (κ2) is 13.4. The number of ether oxygens (including phenoxy) is 1. The Hall–Kier alpha value is -2.51. The topological polar surface area (TPSA) is 80.2 Å². The van der Waals surface area contributed by atoms with Gasteiger partial charge in [-0.1, -0.05) is 24.3 Å². The Balaban J connectivity index is 0.00000370. The lowest BCUT2D eigenvalue weighted by Crippen LogP contribution is -3.00. The van der Waals surface area contributed by atoms with Gasteiger partial charge in [0.2, 0.25) is 0 Å². The molecule has 11 heteroatoms. The second-order valence-electron chi connectivity index (χ2n) is 10.6. The molecule has 0 radical (unpaired) electrons. The van der Waals surface area contributed by atoms with Crippen molar-refractivity contribution in [2.45, 2.75) is 45.1 Å². The lowest BCUT2D eigenvalue weighted by atomic mass is 9.87. The maximum Gasteiger partial charge on any atom is 0.315 e. The molecule has 2 aliphatic heterocycles. The number of carbonyl (C=O) groups excluding carboxylic acids is 1. The number of halogens is 3. The number of anilines is 1. The van der Waals surface area contributed by atoms with E-state index in [2.05, 4.69) is 53.4 Å². The molecule has 0 spiro atoms. The van der Waals surface area contributed by atoms with Crippen molar-refractivity contribution >= 4 is 22.8 Å². The number of piperidine rings is 1. The van der Waals surface area contributed by atoms with Crippen LogP contribution in [0, 0.1) is 0 Å². The van der Waals surface area contributed by atoms with Crippen molar-refractivity contribution in [2.75, 3.05) is 57.7 Å². The molecule has 2 aliphatic rings. The van der Waals surface area contributed by atoms with E-state index in [9.17, 15) is 13.6 Å². The Morgan fingerprint density at radius 1 is 1.12 bits per heavy atom. The van der Waals surface area contributed by atoms with Gasteiger partial charge in [-0.25, -0.2) is 9.97 Å². The number of carbonyl (C=O) groups is 1. The molecule has 40 heavy (non-hydrogen) atoms. The minimum atomic E-state index is -3.01. The molecule has 0 saturated carbocycles. The van der Waals surface area contributed by atoms with Crippen LogP contribution in [0.5, 0.6) is 0 Å². The average Bonchev–Trinajstić information content (AvgIpc) is 2.99. The first-order chi connectivity index (χ1) is 18.9. The number of amides is 1. The van der Waals surface area contributed by atoms with Crippen LogP contribution in [0.1, 0.15) is 38.2 Å². The molecule has 216 valence electrons. The lowest BCUT2D eigenvalue weighted by molar-refractivity contribution is -0.929. The number of likely N-dealkylation sites (tertiary alicyclic amines) is 1. The van der Waals surface area contributed by atoms with Crippen LogP contribution < -0.4 is 29.3 Å². The summed E-state index contributed by atoms with van der Waals surface area (Å²) in [5.74, 6) is -0.0327. The minimum absolute atomic E-state index is 0. The molecule has 2 saturated heterocycles. The summed E-state index contributed by atoms with van der Waals surface area (Å²) in [6.45, 7) is 10.2. The number of rotatable bonds is 8. The maximum absolute atomic E-state index is 12.9. The fourth-order valence-corrected chi connectivity index (χ4v) is 5.87. The zero-order valence-electron chi connectivity index (χ0n) is 23.0. The van der Waals surface area contributed by atoms with E-state index in [0.29, 0.717) is 29.3 Å². The number of alkyl halides is 2. The highest BCUT2D eigenvalue weighted by molar-refractivity contribution is 5.88. The summed E-state index contributed by atoms with van der Waals surface area (Å²) in [4.78, 5) is 26.7. The summed E-state index contributed by atoms with van der Waals surface area (Å²) in [5.41, 5.74) is 4.45. The quantitative estimate of drug-likeness (QED) is 0.289. The van der Waals surface area contributed by atoms with Crippen molar-refractivity contribution in [3.05, 3.63) is 48.3 Å². The van der Waals surface area contributed by atoms with Crippen LogP contribution in [-0.2, 0) is 9.53 Å². The van der Waals surface area contributed by atoms with Gasteiger partial charge in [0, 0.05) is 50.4 Å². The lowest BCUT2D eigenvalue weighted by Gasteiger charge is -2.42. The number of nitrogens with zero attached hydrogens (tertiary/aromatic N) is 5. The summed E-state index contributed by atoms with van der Waals surface area (Å²) >= 11 is 0. The van der Waals surface area contributed by atoms with Crippen LogP contribution in [0.15, 0.2) is 42.7 Å². The summed E-state index contributed by atoms with van der Waals surface area (Å²) in [6.07, 6.45) is 2.22. The van der Waals surface area contributed by atoms with E-state index in [0.717, 1.165) is 16.2 Å². The molecule has 2 fully saturated rings. The molecule has 1 unspecified atom stereocenters. The number of hydrogen-bond donors (Lipinski definition) is 1. The van der Waals surface area contributed by atoms with Gasteiger partial charge in [-0.2, -0.15) is 8.78 Å². The van der Waals surface area contributed by atoms with Crippen molar-refractivity contribution in [2.24, 2.45) is 0 Å². The van der Waals surface area contributed by atoms with Crippen LogP contribution in [0.2, 0.25) is 0 Å². The molecule has 4 heterocycles. The summed E-state index contributed by atoms with van der Waals surface area (Å²) < 4.78 is 32.7. The molecule has 0 aliphatic carbocycles. The van der Waals surface area contributed by atoms with E-state index in [4.69, 9.17) is 9.72 Å². The molecule has 1 atom stereocenters. The molecule has 1 amide bonds. The highest BCUT2D eigenvalue weighted by Gasteiger charge is 2.32. The molecule has 0 bridgehead atoms. The summed E-state index contributed by atoms with van der Waals surface area (Å²) in [5, 5.41) is 3.27. The van der Waals surface area contributed by atoms with E-state index in [1.807, 2.05) is 6.07 Å². The van der Waals surface area contributed by atoms with Crippen molar-refractivity contribution in [3.8, 4) is 11.3 Å². The first-order valence-corrected chi connectivity index (χ1v) is 13.9. The smallest absolute Gasteiger partial charge is 0.315 e. The Morgan fingerprint density at radius 2 is 1.82 bits per heavy atom. The Morgan fingerprint density at radius 3 is 2.50 bits per heavy atom. The van der Waals surface area contributed by atoms with Crippen LogP contribution >= 0.6 is 0 Å². The number of benzene rings is 1. The van der Waals surface area contributed by atoms with Gasteiger partial charge in [0.15, 0.2) is 5.82 Å². The number of morpholine rings is 1. The van der Waals surface area contributed by atoms with Gasteiger partial charge >= 0.3 is 6.43 Å². The fraction of sp³-hybridized carbons (Fsp3) is 0.517.